The monoisotopic (exact) mass is 299 g/mol. The first kappa shape index (κ1) is 14.0. The van der Waals surface area contributed by atoms with Gasteiger partial charge in [-0.15, -0.1) is 0 Å². The fourth-order valence-electron chi connectivity index (χ4n) is 1.31. The Morgan fingerprint density at radius 3 is 2.82 bits per heavy atom. The molecule has 0 bridgehead atoms. The Kier molecular flexibility index (Phi) is 4.93. The van der Waals surface area contributed by atoms with E-state index in [4.69, 9.17) is 0 Å². The SMILES string of the molecule is C=C(C)CNc1cnn(CC(C)C)c(=O)c1Br. The number of nitrogens with one attached hydrogen (secondary N) is 1. The predicted octanol–water partition coefficient (Wildman–Crippen LogP) is 2.65. The van der Waals surface area contributed by atoms with Gasteiger partial charge in [0.15, 0.2) is 0 Å². The smallest absolute Gasteiger partial charge is 0.283 e. The van der Waals surface area contributed by atoms with Crippen molar-refractivity contribution >= 4 is 21.6 Å². The van der Waals surface area contributed by atoms with E-state index in [0.717, 1.165) is 5.57 Å². The van der Waals surface area contributed by atoms with Crippen LogP contribution in [0.2, 0.25) is 0 Å². The summed E-state index contributed by atoms with van der Waals surface area (Å²) < 4.78 is 2.00. The zero-order valence-electron chi connectivity index (χ0n) is 10.5. The van der Waals surface area contributed by atoms with Crippen LogP contribution >= 0.6 is 15.9 Å². The van der Waals surface area contributed by atoms with Crippen LogP contribution in [0.1, 0.15) is 20.8 Å². The van der Waals surface area contributed by atoms with Crippen LogP contribution in [-0.2, 0) is 6.54 Å². The van der Waals surface area contributed by atoms with E-state index in [1.165, 1.54) is 4.68 Å². The minimum atomic E-state index is -0.106. The van der Waals surface area contributed by atoms with Gasteiger partial charge in [0.2, 0.25) is 0 Å². The molecule has 1 rings (SSSR count). The molecule has 0 unspecified atom stereocenters. The van der Waals surface area contributed by atoms with Crippen molar-refractivity contribution < 1.29 is 0 Å². The Hall–Kier alpha value is -1.10. The van der Waals surface area contributed by atoms with Crippen LogP contribution in [0.4, 0.5) is 5.69 Å². The number of rotatable bonds is 5. The zero-order valence-corrected chi connectivity index (χ0v) is 12.0. The molecular weight excluding hydrogens is 282 g/mol. The van der Waals surface area contributed by atoms with Crippen molar-refractivity contribution in [1.29, 1.82) is 0 Å². The number of nitrogens with zero attached hydrogens (tertiary/aromatic N) is 2. The molecule has 1 aromatic rings. The van der Waals surface area contributed by atoms with Crippen molar-refractivity contribution in [1.82, 2.24) is 9.78 Å². The molecule has 0 spiro atoms. The normalized spacial score (nSPS) is 10.6. The molecular formula is C12H18BrN3O. The Morgan fingerprint density at radius 2 is 2.29 bits per heavy atom. The Morgan fingerprint density at radius 1 is 1.65 bits per heavy atom. The first-order valence-corrected chi connectivity index (χ1v) is 6.35. The van der Waals surface area contributed by atoms with E-state index in [9.17, 15) is 4.79 Å². The summed E-state index contributed by atoms with van der Waals surface area (Å²) in [7, 11) is 0. The lowest BCUT2D eigenvalue weighted by Gasteiger charge is -2.11. The number of hydrogen-bond donors (Lipinski definition) is 1. The topological polar surface area (TPSA) is 46.9 Å². The van der Waals surface area contributed by atoms with E-state index in [1.807, 2.05) is 6.92 Å². The van der Waals surface area contributed by atoms with Crippen LogP contribution in [0.5, 0.6) is 0 Å². The molecule has 94 valence electrons. The van der Waals surface area contributed by atoms with Crippen LogP contribution in [-0.4, -0.2) is 16.3 Å². The first-order valence-electron chi connectivity index (χ1n) is 5.55. The Balaban J connectivity index is 2.94. The van der Waals surface area contributed by atoms with Gasteiger partial charge in [-0.2, -0.15) is 5.10 Å². The number of halogens is 1. The third-order valence-corrected chi connectivity index (χ3v) is 2.87. The highest BCUT2D eigenvalue weighted by atomic mass is 79.9. The second-order valence-electron chi connectivity index (χ2n) is 4.56. The fourth-order valence-corrected chi connectivity index (χ4v) is 1.76. The van der Waals surface area contributed by atoms with Gasteiger partial charge in [0, 0.05) is 13.1 Å². The third kappa shape index (κ3) is 4.00. The van der Waals surface area contributed by atoms with Crippen molar-refractivity contribution in [3.05, 3.63) is 33.2 Å². The van der Waals surface area contributed by atoms with Crippen molar-refractivity contribution in [2.24, 2.45) is 5.92 Å². The Bertz CT molecular complexity index is 465. The van der Waals surface area contributed by atoms with E-state index in [0.29, 0.717) is 29.2 Å². The van der Waals surface area contributed by atoms with Crippen LogP contribution < -0.4 is 10.9 Å². The van der Waals surface area contributed by atoms with E-state index < -0.39 is 0 Å². The highest BCUT2D eigenvalue weighted by molar-refractivity contribution is 9.10. The lowest BCUT2D eigenvalue weighted by molar-refractivity contribution is 0.462. The van der Waals surface area contributed by atoms with Gasteiger partial charge in [-0.25, -0.2) is 4.68 Å². The molecule has 5 heteroatoms. The summed E-state index contributed by atoms with van der Waals surface area (Å²) in [4.78, 5) is 12.0. The molecule has 0 saturated heterocycles. The van der Waals surface area contributed by atoms with Crippen LogP contribution in [0.15, 0.2) is 27.6 Å². The molecule has 1 heterocycles. The van der Waals surface area contributed by atoms with Crippen LogP contribution in [0.25, 0.3) is 0 Å². The summed E-state index contributed by atoms with van der Waals surface area (Å²) in [5.74, 6) is 0.390. The van der Waals surface area contributed by atoms with Gasteiger partial charge in [-0.3, -0.25) is 4.79 Å². The average molecular weight is 300 g/mol. The molecule has 1 aromatic heterocycles. The van der Waals surface area contributed by atoms with Gasteiger partial charge in [0.25, 0.3) is 5.56 Å². The van der Waals surface area contributed by atoms with Gasteiger partial charge < -0.3 is 5.32 Å². The average Bonchev–Trinajstić information content (AvgIpc) is 2.23. The summed E-state index contributed by atoms with van der Waals surface area (Å²) in [5.41, 5.74) is 1.60. The zero-order chi connectivity index (χ0) is 13.0. The van der Waals surface area contributed by atoms with E-state index in [-0.39, 0.29) is 5.56 Å². The van der Waals surface area contributed by atoms with Gasteiger partial charge in [0.05, 0.1) is 11.9 Å². The summed E-state index contributed by atoms with van der Waals surface area (Å²) in [6, 6.07) is 0. The molecule has 0 saturated carbocycles. The van der Waals surface area contributed by atoms with Gasteiger partial charge in [0.1, 0.15) is 4.47 Å². The molecule has 0 fully saturated rings. The third-order valence-electron chi connectivity index (χ3n) is 2.10. The molecule has 0 aliphatic heterocycles. The van der Waals surface area contributed by atoms with Crippen molar-refractivity contribution in [3.63, 3.8) is 0 Å². The number of hydrogen-bond acceptors (Lipinski definition) is 3. The molecule has 0 radical (unpaired) electrons. The Labute approximate surface area is 110 Å². The minimum Gasteiger partial charge on any atom is -0.379 e. The molecule has 17 heavy (non-hydrogen) atoms. The van der Waals surface area contributed by atoms with E-state index in [2.05, 4.69) is 46.8 Å². The maximum atomic E-state index is 12.0. The molecule has 0 amide bonds. The number of anilines is 1. The lowest BCUT2D eigenvalue weighted by Crippen LogP contribution is -2.26. The fraction of sp³-hybridized carbons (Fsp3) is 0.500. The largest absolute Gasteiger partial charge is 0.379 e. The van der Waals surface area contributed by atoms with E-state index >= 15 is 0 Å². The predicted molar refractivity (Wildman–Crippen MR) is 74.3 cm³/mol. The molecule has 4 nitrogen and oxygen atoms in total. The van der Waals surface area contributed by atoms with Crippen LogP contribution in [0, 0.1) is 5.92 Å². The van der Waals surface area contributed by atoms with E-state index in [1.54, 1.807) is 6.20 Å². The summed E-state index contributed by atoms with van der Waals surface area (Å²) in [6.45, 7) is 11.1. The minimum absolute atomic E-state index is 0.106. The molecule has 0 aliphatic carbocycles. The van der Waals surface area contributed by atoms with Crippen molar-refractivity contribution in [2.75, 3.05) is 11.9 Å². The highest BCUT2D eigenvalue weighted by Gasteiger charge is 2.09. The quantitative estimate of drug-likeness (QED) is 0.850. The lowest BCUT2D eigenvalue weighted by atomic mass is 10.2. The second-order valence-corrected chi connectivity index (χ2v) is 5.36. The maximum absolute atomic E-state index is 12.0. The maximum Gasteiger partial charge on any atom is 0.283 e. The summed E-state index contributed by atoms with van der Waals surface area (Å²) in [5, 5.41) is 7.25. The summed E-state index contributed by atoms with van der Waals surface area (Å²) in [6.07, 6.45) is 1.66. The molecule has 0 aliphatic rings. The first-order chi connectivity index (χ1) is 7.91. The highest BCUT2D eigenvalue weighted by Crippen LogP contribution is 2.16. The number of aromatic nitrogens is 2. The van der Waals surface area contributed by atoms with Gasteiger partial charge in [-0.05, 0) is 28.8 Å². The van der Waals surface area contributed by atoms with Crippen molar-refractivity contribution in [2.45, 2.75) is 27.3 Å². The van der Waals surface area contributed by atoms with Crippen LogP contribution in [0.3, 0.4) is 0 Å². The molecule has 0 aromatic carbocycles. The summed E-state index contributed by atoms with van der Waals surface area (Å²) >= 11 is 3.31. The van der Waals surface area contributed by atoms with Gasteiger partial charge in [-0.1, -0.05) is 26.0 Å². The second kappa shape index (κ2) is 6.00. The van der Waals surface area contributed by atoms with Crippen molar-refractivity contribution in [3.8, 4) is 0 Å². The molecule has 1 N–H and O–H groups in total. The standard InChI is InChI=1S/C12H18BrN3O/c1-8(2)5-14-10-6-15-16(7-9(3)4)12(17)11(10)13/h6,9,14H,1,5,7H2,2-4H3. The van der Waals surface area contributed by atoms with Gasteiger partial charge >= 0.3 is 0 Å². The molecule has 0 atom stereocenters.